The summed E-state index contributed by atoms with van der Waals surface area (Å²) in [5.41, 5.74) is 0. The van der Waals surface area contributed by atoms with Crippen molar-refractivity contribution in [3.8, 4) is 0 Å². The van der Waals surface area contributed by atoms with Crippen molar-refractivity contribution in [2.45, 2.75) is 44.9 Å². The van der Waals surface area contributed by atoms with Crippen molar-refractivity contribution < 1.29 is 28.7 Å². The van der Waals surface area contributed by atoms with Gasteiger partial charge >= 0.3 is 5.97 Å². The Morgan fingerprint density at radius 1 is 0.968 bits per heavy atom. The van der Waals surface area contributed by atoms with E-state index in [4.69, 9.17) is 4.74 Å². The van der Waals surface area contributed by atoms with E-state index >= 15 is 0 Å². The molecular formula is C19H28N4O6S2. The molecule has 172 valence electrons. The molecule has 0 radical (unpaired) electrons. The van der Waals surface area contributed by atoms with Gasteiger partial charge in [-0.1, -0.05) is 41.5 Å². The zero-order valence-electron chi connectivity index (χ0n) is 17.5. The van der Waals surface area contributed by atoms with Gasteiger partial charge in [-0.2, -0.15) is 0 Å². The number of nitrogens with one attached hydrogen (secondary N) is 4. The second-order valence-electron chi connectivity index (χ2n) is 7.40. The molecule has 4 amide bonds. The molecule has 0 aromatic heterocycles. The van der Waals surface area contributed by atoms with Gasteiger partial charge in [0.15, 0.2) is 0 Å². The van der Waals surface area contributed by atoms with Crippen LogP contribution in [0.1, 0.15) is 26.7 Å². The molecule has 3 atom stereocenters. The zero-order valence-corrected chi connectivity index (χ0v) is 19.1. The van der Waals surface area contributed by atoms with Crippen molar-refractivity contribution in [1.29, 1.82) is 0 Å². The highest BCUT2D eigenvalue weighted by molar-refractivity contribution is 8.76. The molecule has 2 aliphatic heterocycles. The lowest BCUT2D eigenvalue weighted by molar-refractivity contribution is -0.148. The van der Waals surface area contributed by atoms with Crippen LogP contribution >= 0.6 is 21.6 Å². The van der Waals surface area contributed by atoms with E-state index in [9.17, 15) is 24.0 Å². The van der Waals surface area contributed by atoms with Crippen LogP contribution in [0.25, 0.3) is 0 Å². The summed E-state index contributed by atoms with van der Waals surface area (Å²) in [6.07, 6.45) is 3.13. The Labute approximate surface area is 188 Å². The SMILES string of the molecule is CC(C)C1NC(=O)C[C@H]2/C=C/CCSSC[C@@H](NC1=O)C(=O)NCC(=O)NCC(=O)O2. The first-order valence-electron chi connectivity index (χ1n) is 10.0. The van der Waals surface area contributed by atoms with E-state index in [1.165, 1.54) is 21.6 Å². The van der Waals surface area contributed by atoms with Crippen LogP contribution in [0.4, 0.5) is 0 Å². The van der Waals surface area contributed by atoms with E-state index in [1.807, 2.05) is 6.08 Å². The van der Waals surface area contributed by atoms with Crippen molar-refractivity contribution in [1.82, 2.24) is 21.3 Å². The van der Waals surface area contributed by atoms with E-state index < -0.39 is 47.8 Å². The fraction of sp³-hybridized carbons (Fsp3) is 0.632. The molecule has 0 aromatic carbocycles. The van der Waals surface area contributed by atoms with E-state index in [0.717, 1.165) is 5.75 Å². The summed E-state index contributed by atoms with van der Waals surface area (Å²) in [5.74, 6) is -1.99. The molecule has 1 unspecified atom stereocenters. The number of hydrogen-bond acceptors (Lipinski definition) is 8. The lowest BCUT2D eigenvalue weighted by Gasteiger charge is -2.26. The lowest BCUT2D eigenvalue weighted by Crippen LogP contribution is -2.57. The first kappa shape index (κ1) is 25.1. The van der Waals surface area contributed by atoms with Crippen LogP contribution in [0.3, 0.4) is 0 Å². The number of carbonyl (C=O) groups excluding carboxylic acids is 5. The highest BCUT2D eigenvalue weighted by Gasteiger charge is 2.30. The van der Waals surface area contributed by atoms with Crippen LogP contribution in [0, 0.1) is 5.92 Å². The highest BCUT2D eigenvalue weighted by atomic mass is 33.1. The fourth-order valence-electron chi connectivity index (χ4n) is 2.82. The Hall–Kier alpha value is -2.21. The van der Waals surface area contributed by atoms with Gasteiger partial charge in [0.25, 0.3) is 0 Å². The Morgan fingerprint density at radius 2 is 1.74 bits per heavy atom. The minimum absolute atomic E-state index is 0.168. The summed E-state index contributed by atoms with van der Waals surface area (Å²) in [6.45, 7) is 2.82. The number of hydrogen-bond donors (Lipinski definition) is 4. The second kappa shape index (κ2) is 12.6. The summed E-state index contributed by atoms with van der Waals surface area (Å²) in [5, 5.41) is 10.2. The summed E-state index contributed by atoms with van der Waals surface area (Å²) in [4.78, 5) is 62.1. The molecule has 1 fully saturated rings. The van der Waals surface area contributed by atoms with E-state index in [0.29, 0.717) is 6.42 Å². The van der Waals surface area contributed by atoms with Gasteiger partial charge in [-0.15, -0.1) is 0 Å². The fourth-order valence-corrected chi connectivity index (χ4v) is 4.97. The van der Waals surface area contributed by atoms with Crippen LogP contribution in [0.2, 0.25) is 0 Å². The molecule has 12 heteroatoms. The zero-order chi connectivity index (χ0) is 22.8. The van der Waals surface area contributed by atoms with Crippen LogP contribution in [0.5, 0.6) is 0 Å². The summed E-state index contributed by atoms with van der Waals surface area (Å²) < 4.78 is 5.33. The Bertz CT molecular complexity index is 730. The average Bonchev–Trinajstić information content (AvgIpc) is 2.71. The maximum Gasteiger partial charge on any atom is 0.326 e. The Balaban J connectivity index is 2.36. The molecule has 4 N–H and O–H groups in total. The summed E-state index contributed by atoms with van der Waals surface area (Å²) in [6, 6.07) is -1.76. The molecule has 2 heterocycles. The third-order valence-corrected chi connectivity index (χ3v) is 6.90. The maximum atomic E-state index is 12.9. The number of rotatable bonds is 1. The molecule has 2 rings (SSSR count). The lowest BCUT2D eigenvalue weighted by atomic mass is 10.0. The van der Waals surface area contributed by atoms with Crippen molar-refractivity contribution >= 4 is 51.2 Å². The first-order valence-corrected chi connectivity index (χ1v) is 12.5. The molecule has 1 saturated heterocycles. The first-order chi connectivity index (χ1) is 14.8. The molecule has 10 nitrogen and oxygen atoms in total. The minimum atomic E-state index is -0.887. The number of ether oxygens (including phenoxy) is 1. The van der Waals surface area contributed by atoms with Gasteiger partial charge in [0.05, 0.1) is 13.0 Å². The molecule has 31 heavy (non-hydrogen) atoms. The molecule has 0 saturated carbocycles. The number of fused-ring (bicyclic) bond motifs is 7. The molecule has 0 aromatic rings. The highest BCUT2D eigenvalue weighted by Crippen LogP contribution is 2.23. The van der Waals surface area contributed by atoms with Gasteiger partial charge in [0.1, 0.15) is 24.7 Å². The van der Waals surface area contributed by atoms with Crippen LogP contribution < -0.4 is 21.3 Å². The second-order valence-corrected chi connectivity index (χ2v) is 10.0. The van der Waals surface area contributed by atoms with Crippen LogP contribution in [-0.2, 0) is 28.7 Å². The maximum absolute atomic E-state index is 12.9. The molecule has 0 aliphatic carbocycles. The third kappa shape index (κ3) is 8.82. The molecular weight excluding hydrogens is 444 g/mol. The van der Waals surface area contributed by atoms with Crippen molar-refractivity contribution in [3.05, 3.63) is 12.2 Å². The van der Waals surface area contributed by atoms with Crippen LogP contribution in [-0.4, -0.2) is 72.4 Å². The van der Waals surface area contributed by atoms with Gasteiger partial charge < -0.3 is 26.0 Å². The predicted octanol–water partition coefficient (Wildman–Crippen LogP) is -0.499. The number of allylic oxidation sites excluding steroid dienone is 1. The standard InChI is InChI=1S/C19H28N4O6S2/c1-11(2)17-19(28)22-13-10-31-30-6-4-3-5-12(7-14(24)23-17)29-16(26)9-20-15(25)8-21-18(13)27/h3,5,11-13,17H,4,6-10H2,1-2H3,(H,20,25)(H,21,27)(H,22,28)(H,23,24)/b5-3+/t12-,13-,17?/m1/s1. The van der Waals surface area contributed by atoms with Crippen molar-refractivity contribution in [2.24, 2.45) is 5.92 Å². The van der Waals surface area contributed by atoms with Crippen molar-refractivity contribution in [2.75, 3.05) is 24.6 Å². The summed E-state index contributed by atoms with van der Waals surface area (Å²) >= 11 is 0. The van der Waals surface area contributed by atoms with E-state index in [2.05, 4.69) is 21.3 Å². The topological polar surface area (TPSA) is 143 Å². The van der Waals surface area contributed by atoms with Gasteiger partial charge in [0, 0.05) is 11.5 Å². The smallest absolute Gasteiger partial charge is 0.326 e. The predicted molar refractivity (Wildman–Crippen MR) is 118 cm³/mol. The average molecular weight is 473 g/mol. The number of carbonyl (C=O) groups is 5. The van der Waals surface area contributed by atoms with Gasteiger partial charge in [-0.25, -0.2) is 0 Å². The van der Waals surface area contributed by atoms with E-state index in [-0.39, 0.29) is 31.2 Å². The largest absolute Gasteiger partial charge is 0.456 e. The Kier molecular flexibility index (Phi) is 10.2. The third-order valence-electron chi connectivity index (χ3n) is 4.46. The molecule has 0 spiro atoms. The normalized spacial score (nSPS) is 28.5. The quantitative estimate of drug-likeness (QED) is 0.227. The number of esters is 1. The van der Waals surface area contributed by atoms with Gasteiger partial charge in [-0.05, 0) is 18.4 Å². The monoisotopic (exact) mass is 472 g/mol. The van der Waals surface area contributed by atoms with Gasteiger partial charge in [-0.3, -0.25) is 24.0 Å². The molecule has 2 aliphatic rings. The molecule has 2 bridgehead atoms. The Morgan fingerprint density at radius 3 is 2.48 bits per heavy atom. The van der Waals surface area contributed by atoms with Gasteiger partial charge in [0.2, 0.25) is 23.6 Å². The minimum Gasteiger partial charge on any atom is -0.456 e. The summed E-state index contributed by atoms with van der Waals surface area (Å²) in [7, 11) is 2.96. The van der Waals surface area contributed by atoms with Crippen LogP contribution in [0.15, 0.2) is 12.2 Å². The van der Waals surface area contributed by atoms with Crippen molar-refractivity contribution in [3.63, 3.8) is 0 Å². The van der Waals surface area contributed by atoms with E-state index in [1.54, 1.807) is 19.9 Å². The number of amides is 4.